The molecular formula is C26H28N4O3. The minimum absolute atomic E-state index is 0.346. The van der Waals surface area contributed by atoms with Crippen molar-refractivity contribution in [3.8, 4) is 23.3 Å². The zero-order valence-corrected chi connectivity index (χ0v) is 19.1. The molecule has 2 aromatic carbocycles. The molecule has 7 nitrogen and oxygen atoms in total. The number of hydrogen-bond donors (Lipinski definition) is 2. The molecular weight excluding hydrogens is 416 g/mol. The van der Waals surface area contributed by atoms with Crippen LogP contribution in [0, 0.1) is 22.7 Å². The second-order valence-electron chi connectivity index (χ2n) is 9.31. The number of nitrogens with zero attached hydrogens (tertiary/aromatic N) is 2. The summed E-state index contributed by atoms with van der Waals surface area (Å²) >= 11 is 0. The maximum absolute atomic E-state index is 12.9. The third-order valence-corrected chi connectivity index (χ3v) is 5.58. The van der Waals surface area contributed by atoms with Gasteiger partial charge in [-0.1, -0.05) is 36.4 Å². The van der Waals surface area contributed by atoms with Gasteiger partial charge in [0, 0.05) is 6.42 Å². The average Bonchev–Trinajstić information content (AvgIpc) is 2.75. The highest BCUT2D eigenvalue weighted by Gasteiger charge is 2.46. The highest BCUT2D eigenvalue weighted by Crippen LogP contribution is 2.32. The Kier molecular flexibility index (Phi) is 7.04. The number of ether oxygens (including phenoxy) is 1. The molecule has 3 rings (SSSR count). The van der Waals surface area contributed by atoms with Gasteiger partial charge in [0.2, 0.25) is 5.91 Å². The number of nitriles is 2. The molecule has 2 amide bonds. The number of carbonyl (C=O) groups is 2. The summed E-state index contributed by atoms with van der Waals surface area (Å²) in [6.45, 7) is 5.29. The number of hydrogen-bond acceptors (Lipinski definition) is 5. The molecule has 0 saturated heterocycles. The van der Waals surface area contributed by atoms with Gasteiger partial charge in [-0.2, -0.15) is 10.5 Å². The quantitative estimate of drug-likeness (QED) is 0.692. The summed E-state index contributed by atoms with van der Waals surface area (Å²) in [7, 11) is 0. The highest BCUT2D eigenvalue weighted by atomic mass is 16.6. The van der Waals surface area contributed by atoms with Gasteiger partial charge in [-0.3, -0.25) is 4.79 Å². The lowest BCUT2D eigenvalue weighted by Crippen LogP contribution is -2.64. The van der Waals surface area contributed by atoms with Crippen molar-refractivity contribution in [2.45, 2.75) is 63.6 Å². The molecule has 1 aliphatic rings. The summed E-state index contributed by atoms with van der Waals surface area (Å²) in [5.41, 5.74) is 1.80. The molecule has 0 unspecified atom stereocenters. The van der Waals surface area contributed by atoms with E-state index in [1.54, 1.807) is 32.9 Å². The van der Waals surface area contributed by atoms with Crippen LogP contribution < -0.4 is 10.6 Å². The van der Waals surface area contributed by atoms with Gasteiger partial charge in [-0.15, -0.1) is 0 Å². The first kappa shape index (κ1) is 23.8. The third-order valence-electron chi connectivity index (χ3n) is 5.58. The van der Waals surface area contributed by atoms with Crippen LogP contribution in [-0.2, 0) is 16.0 Å². The second-order valence-corrected chi connectivity index (χ2v) is 9.31. The number of benzene rings is 2. The Morgan fingerprint density at radius 3 is 2.06 bits per heavy atom. The Morgan fingerprint density at radius 1 is 1.03 bits per heavy atom. The fourth-order valence-electron chi connectivity index (χ4n) is 3.67. The van der Waals surface area contributed by atoms with E-state index in [4.69, 9.17) is 10.00 Å². The lowest BCUT2D eigenvalue weighted by atomic mass is 9.76. The Hall–Kier alpha value is -3.84. The van der Waals surface area contributed by atoms with E-state index in [1.165, 1.54) is 0 Å². The Balaban J connectivity index is 1.62. The zero-order valence-electron chi connectivity index (χ0n) is 19.1. The van der Waals surface area contributed by atoms with Crippen molar-refractivity contribution in [3.05, 3.63) is 59.7 Å². The number of rotatable bonds is 6. The van der Waals surface area contributed by atoms with E-state index in [1.807, 2.05) is 36.4 Å². The van der Waals surface area contributed by atoms with Gasteiger partial charge < -0.3 is 15.4 Å². The molecule has 0 heterocycles. The largest absolute Gasteiger partial charge is 0.444 e. The molecule has 33 heavy (non-hydrogen) atoms. The third kappa shape index (κ3) is 6.11. The standard InChI is InChI=1S/C26H28N4O3/c1-25(2,3)33-24(32)30-26(13-4-14-26)23(31)29-22(17-28)15-18-5-9-20(10-6-18)21-11-7-19(16-27)8-12-21/h5-12,22H,4,13-15H2,1-3H3,(H,29,31)(H,30,32)/t22-/m0/s1. The summed E-state index contributed by atoms with van der Waals surface area (Å²) in [6, 6.07) is 18.6. The Bertz CT molecular complexity index is 1080. The lowest BCUT2D eigenvalue weighted by Gasteiger charge is -2.41. The van der Waals surface area contributed by atoms with Crippen LogP contribution in [0.5, 0.6) is 0 Å². The molecule has 1 aliphatic carbocycles. The van der Waals surface area contributed by atoms with Gasteiger partial charge in [0.25, 0.3) is 0 Å². The van der Waals surface area contributed by atoms with Gasteiger partial charge in [0.1, 0.15) is 17.2 Å². The molecule has 0 aliphatic heterocycles. The van der Waals surface area contributed by atoms with Crippen LogP contribution >= 0.6 is 0 Å². The van der Waals surface area contributed by atoms with Crippen LogP contribution in [0.4, 0.5) is 4.79 Å². The molecule has 170 valence electrons. The van der Waals surface area contributed by atoms with E-state index >= 15 is 0 Å². The van der Waals surface area contributed by atoms with Crippen molar-refractivity contribution in [3.63, 3.8) is 0 Å². The molecule has 0 bridgehead atoms. The van der Waals surface area contributed by atoms with Crippen LogP contribution in [0.2, 0.25) is 0 Å². The summed E-state index contributed by atoms with van der Waals surface area (Å²) in [5, 5.41) is 24.0. The van der Waals surface area contributed by atoms with E-state index in [-0.39, 0.29) is 5.91 Å². The van der Waals surface area contributed by atoms with Crippen LogP contribution in [0.25, 0.3) is 11.1 Å². The van der Waals surface area contributed by atoms with E-state index in [9.17, 15) is 14.9 Å². The predicted molar refractivity (Wildman–Crippen MR) is 124 cm³/mol. The average molecular weight is 445 g/mol. The van der Waals surface area contributed by atoms with E-state index in [0.29, 0.717) is 24.8 Å². The first-order chi connectivity index (χ1) is 15.6. The Morgan fingerprint density at radius 2 is 1.61 bits per heavy atom. The number of alkyl carbamates (subject to hydrolysis) is 1. The van der Waals surface area contributed by atoms with Gasteiger partial charge >= 0.3 is 6.09 Å². The van der Waals surface area contributed by atoms with E-state index in [0.717, 1.165) is 23.1 Å². The maximum Gasteiger partial charge on any atom is 0.408 e. The van der Waals surface area contributed by atoms with E-state index in [2.05, 4.69) is 22.8 Å². The van der Waals surface area contributed by atoms with Gasteiger partial charge in [-0.05, 0) is 68.9 Å². The molecule has 0 aromatic heterocycles. The van der Waals surface area contributed by atoms with Crippen LogP contribution in [0.3, 0.4) is 0 Å². The molecule has 1 fully saturated rings. The van der Waals surface area contributed by atoms with Crippen molar-refractivity contribution in [2.75, 3.05) is 0 Å². The van der Waals surface area contributed by atoms with Crippen molar-refractivity contribution in [1.82, 2.24) is 10.6 Å². The summed E-state index contributed by atoms with van der Waals surface area (Å²) < 4.78 is 5.30. The van der Waals surface area contributed by atoms with Gasteiger partial charge in [0.15, 0.2) is 0 Å². The normalized spacial score (nSPS) is 15.2. The molecule has 2 aromatic rings. The minimum Gasteiger partial charge on any atom is -0.444 e. The predicted octanol–water partition coefficient (Wildman–Crippen LogP) is 4.22. The molecule has 0 radical (unpaired) electrons. The van der Waals surface area contributed by atoms with Crippen LogP contribution in [-0.4, -0.2) is 29.2 Å². The fraction of sp³-hybridized carbons (Fsp3) is 0.385. The smallest absolute Gasteiger partial charge is 0.408 e. The SMILES string of the molecule is CC(C)(C)OC(=O)NC1(C(=O)N[C@H](C#N)Cc2ccc(-c3ccc(C#N)cc3)cc2)CCC1. The molecule has 0 spiro atoms. The Labute approximate surface area is 194 Å². The first-order valence-corrected chi connectivity index (χ1v) is 11.0. The topological polar surface area (TPSA) is 115 Å². The van der Waals surface area contributed by atoms with Crippen LogP contribution in [0.1, 0.15) is 51.2 Å². The van der Waals surface area contributed by atoms with Gasteiger partial charge in [0.05, 0.1) is 17.7 Å². The number of nitrogens with one attached hydrogen (secondary N) is 2. The molecule has 1 saturated carbocycles. The van der Waals surface area contributed by atoms with Crippen LogP contribution in [0.15, 0.2) is 48.5 Å². The summed E-state index contributed by atoms with van der Waals surface area (Å²) in [4.78, 5) is 25.2. The van der Waals surface area contributed by atoms with Gasteiger partial charge in [-0.25, -0.2) is 4.79 Å². The molecule has 2 N–H and O–H groups in total. The minimum atomic E-state index is -1.03. The van der Waals surface area contributed by atoms with Crippen molar-refractivity contribution in [2.24, 2.45) is 0 Å². The zero-order chi connectivity index (χ0) is 24.1. The van der Waals surface area contributed by atoms with Crippen molar-refractivity contribution < 1.29 is 14.3 Å². The highest BCUT2D eigenvalue weighted by molar-refractivity contribution is 5.91. The second kappa shape index (κ2) is 9.75. The summed E-state index contributed by atoms with van der Waals surface area (Å²) in [6.07, 6.45) is 1.55. The molecule has 7 heteroatoms. The molecule has 1 atom stereocenters. The monoisotopic (exact) mass is 444 g/mol. The number of carbonyl (C=O) groups excluding carboxylic acids is 2. The van der Waals surface area contributed by atoms with Crippen molar-refractivity contribution >= 4 is 12.0 Å². The van der Waals surface area contributed by atoms with E-state index < -0.39 is 23.3 Å². The lowest BCUT2D eigenvalue weighted by molar-refractivity contribution is -0.131. The number of amides is 2. The van der Waals surface area contributed by atoms with Crippen molar-refractivity contribution in [1.29, 1.82) is 10.5 Å². The fourth-order valence-corrected chi connectivity index (χ4v) is 3.67. The first-order valence-electron chi connectivity index (χ1n) is 11.0. The summed E-state index contributed by atoms with van der Waals surface area (Å²) in [5.74, 6) is -0.361. The maximum atomic E-state index is 12.9.